The van der Waals surface area contributed by atoms with Crippen LogP contribution >= 0.6 is 0 Å². The monoisotopic (exact) mass is 388 g/mol. The molecule has 6 heteroatoms. The number of nitrogens with zero attached hydrogens (tertiary/aromatic N) is 2. The zero-order chi connectivity index (χ0) is 17.4. The molecule has 24 heavy (non-hydrogen) atoms. The first-order chi connectivity index (χ1) is 11.5. The average Bonchev–Trinajstić information content (AvgIpc) is 2.58. The van der Waals surface area contributed by atoms with Gasteiger partial charge in [0.15, 0.2) is 0 Å². The molecule has 0 radical (unpaired) electrons. The Bertz CT molecular complexity index is 826. The summed E-state index contributed by atoms with van der Waals surface area (Å²) in [6.45, 7) is 1.93. The van der Waals surface area contributed by atoms with Crippen molar-refractivity contribution in [3.63, 3.8) is 0 Å². The summed E-state index contributed by atoms with van der Waals surface area (Å²) in [6, 6.07) is 7.16. The number of likely N-dealkylation sites (N-methyl/N-ethyl adjacent to an activating group) is 2. The zero-order valence-electron chi connectivity index (χ0n) is 13.6. The van der Waals surface area contributed by atoms with Gasteiger partial charge in [-0.3, -0.25) is 0 Å². The van der Waals surface area contributed by atoms with Crippen LogP contribution in [0.15, 0.2) is 52.5 Å². The quantitative estimate of drug-likeness (QED) is 0.415. The van der Waals surface area contributed by atoms with Gasteiger partial charge in [-0.15, -0.1) is 0 Å². The number of urea groups is 1. The fraction of sp³-hybridized carbons (Fsp3) is 0.167. The van der Waals surface area contributed by atoms with Crippen LogP contribution < -0.4 is 4.46 Å². The molecule has 0 bridgehead atoms. The number of barbiturate groups is 1. The second kappa shape index (κ2) is 6.23. The van der Waals surface area contributed by atoms with E-state index in [0.717, 1.165) is 24.3 Å². The van der Waals surface area contributed by atoms with Crippen molar-refractivity contribution in [3.05, 3.63) is 58.1 Å². The van der Waals surface area contributed by atoms with Crippen LogP contribution in [-0.4, -0.2) is 56.7 Å². The van der Waals surface area contributed by atoms with E-state index in [2.05, 4.69) is 0 Å². The van der Waals surface area contributed by atoms with Crippen LogP contribution in [0.1, 0.15) is 12.5 Å². The molecule has 0 N–H and O–H groups in total. The van der Waals surface area contributed by atoms with Gasteiger partial charge in [0.05, 0.1) is 0 Å². The molecule has 2 heterocycles. The van der Waals surface area contributed by atoms with E-state index < -0.39 is 17.8 Å². The van der Waals surface area contributed by atoms with E-state index in [9.17, 15) is 14.4 Å². The Labute approximate surface area is 146 Å². The summed E-state index contributed by atoms with van der Waals surface area (Å²) in [5.41, 5.74) is 1.52. The Hall–Kier alpha value is -2.43. The number of imide groups is 2. The van der Waals surface area contributed by atoms with Crippen molar-refractivity contribution in [1.29, 1.82) is 0 Å². The van der Waals surface area contributed by atoms with Crippen molar-refractivity contribution in [1.82, 2.24) is 9.80 Å². The summed E-state index contributed by atoms with van der Waals surface area (Å²) >= 11 is 0.113. The Morgan fingerprint density at radius 3 is 2.25 bits per heavy atom. The van der Waals surface area contributed by atoms with Crippen molar-refractivity contribution < 1.29 is 14.4 Å². The standard InChI is InChI=1S/C18H16N2O3Se/c1-4-7-11-10-13(12-8-5-6-9-14(12)24-11)15-16(21)19(2)18(23)20(3)17(15)22/h4-10H,1-3H3/b7-4+. The summed E-state index contributed by atoms with van der Waals surface area (Å²) in [4.78, 5) is 39.2. The maximum absolute atomic E-state index is 12.6. The van der Waals surface area contributed by atoms with E-state index >= 15 is 0 Å². The van der Waals surface area contributed by atoms with Gasteiger partial charge >= 0.3 is 146 Å². The maximum atomic E-state index is 12.6. The molecule has 2 aliphatic heterocycles. The molecule has 0 atom stereocenters. The molecular weight excluding hydrogens is 371 g/mol. The first kappa shape index (κ1) is 16.4. The van der Waals surface area contributed by atoms with Crippen LogP contribution in [0.5, 0.6) is 0 Å². The molecule has 3 rings (SSSR count). The molecular formula is C18H16N2O3Se. The Balaban J connectivity index is 2.28. The van der Waals surface area contributed by atoms with Crippen LogP contribution in [0.2, 0.25) is 0 Å². The molecule has 122 valence electrons. The predicted molar refractivity (Wildman–Crippen MR) is 92.6 cm³/mol. The third-order valence-electron chi connectivity index (χ3n) is 3.90. The molecule has 0 aromatic heterocycles. The van der Waals surface area contributed by atoms with E-state index in [1.165, 1.54) is 14.1 Å². The molecule has 2 aliphatic rings. The van der Waals surface area contributed by atoms with Crippen LogP contribution in [0.3, 0.4) is 0 Å². The van der Waals surface area contributed by atoms with Gasteiger partial charge in [-0.25, -0.2) is 0 Å². The van der Waals surface area contributed by atoms with Gasteiger partial charge in [-0.1, -0.05) is 0 Å². The summed E-state index contributed by atoms with van der Waals surface area (Å²) in [6.07, 6.45) is 5.83. The van der Waals surface area contributed by atoms with E-state index in [1.54, 1.807) is 0 Å². The minimum absolute atomic E-state index is 0.0459. The van der Waals surface area contributed by atoms with E-state index in [0.29, 0.717) is 5.57 Å². The van der Waals surface area contributed by atoms with Gasteiger partial charge in [0.25, 0.3) is 0 Å². The van der Waals surface area contributed by atoms with Crippen LogP contribution in [-0.2, 0) is 9.59 Å². The second-order valence-corrected chi connectivity index (χ2v) is 7.78. The van der Waals surface area contributed by atoms with Crippen molar-refractivity contribution in [2.75, 3.05) is 14.1 Å². The summed E-state index contributed by atoms with van der Waals surface area (Å²) < 4.78 is 2.19. The fourth-order valence-electron chi connectivity index (χ4n) is 2.66. The fourth-order valence-corrected chi connectivity index (χ4v) is 4.91. The Morgan fingerprint density at radius 2 is 1.62 bits per heavy atom. The third kappa shape index (κ3) is 2.54. The topological polar surface area (TPSA) is 57.7 Å². The van der Waals surface area contributed by atoms with Crippen LogP contribution in [0.4, 0.5) is 4.79 Å². The van der Waals surface area contributed by atoms with Crippen molar-refractivity contribution in [2.24, 2.45) is 0 Å². The van der Waals surface area contributed by atoms with E-state index in [1.807, 2.05) is 49.4 Å². The number of amides is 4. The SMILES string of the molecule is C/C=C/C1=CC(=C2C(=O)N(C)C(=O)N(C)C2=O)c2ccccc2[Se]1. The molecule has 4 amide bonds. The molecule has 1 aromatic carbocycles. The first-order valence-corrected chi connectivity index (χ1v) is 9.13. The van der Waals surface area contributed by atoms with Gasteiger partial charge in [-0.05, 0) is 0 Å². The zero-order valence-corrected chi connectivity index (χ0v) is 15.3. The predicted octanol–water partition coefficient (Wildman–Crippen LogP) is 1.29. The molecule has 0 aliphatic carbocycles. The van der Waals surface area contributed by atoms with Crippen molar-refractivity contribution in [3.8, 4) is 0 Å². The minimum atomic E-state index is -0.611. The van der Waals surface area contributed by atoms with Gasteiger partial charge in [0.2, 0.25) is 0 Å². The van der Waals surface area contributed by atoms with Gasteiger partial charge < -0.3 is 0 Å². The number of carbonyl (C=O) groups excluding carboxylic acids is 3. The Morgan fingerprint density at radius 1 is 1.00 bits per heavy atom. The van der Waals surface area contributed by atoms with Gasteiger partial charge in [-0.2, -0.15) is 0 Å². The first-order valence-electron chi connectivity index (χ1n) is 7.41. The molecule has 1 fully saturated rings. The van der Waals surface area contributed by atoms with Crippen molar-refractivity contribution >= 4 is 42.8 Å². The summed E-state index contributed by atoms with van der Waals surface area (Å²) in [5, 5.41) is 0. The number of rotatable bonds is 1. The molecule has 1 aromatic rings. The summed E-state index contributed by atoms with van der Waals surface area (Å²) in [7, 11) is 2.78. The normalized spacial score (nSPS) is 18.5. The van der Waals surface area contributed by atoms with Crippen LogP contribution in [0, 0.1) is 0 Å². The summed E-state index contributed by atoms with van der Waals surface area (Å²) in [5.74, 6) is -1.11. The number of hydrogen-bond donors (Lipinski definition) is 0. The number of carbonyl (C=O) groups is 3. The number of allylic oxidation sites excluding steroid dienone is 5. The second-order valence-electron chi connectivity index (χ2n) is 5.44. The Kier molecular flexibility index (Phi) is 4.26. The molecule has 0 saturated carbocycles. The van der Waals surface area contributed by atoms with E-state index in [4.69, 9.17) is 0 Å². The molecule has 5 nitrogen and oxygen atoms in total. The molecule has 0 spiro atoms. The number of hydrogen-bond acceptors (Lipinski definition) is 3. The van der Waals surface area contributed by atoms with Gasteiger partial charge in [0, 0.05) is 0 Å². The van der Waals surface area contributed by atoms with Crippen LogP contribution in [0.25, 0.3) is 5.57 Å². The van der Waals surface area contributed by atoms with Crippen molar-refractivity contribution in [2.45, 2.75) is 6.92 Å². The van der Waals surface area contributed by atoms with Gasteiger partial charge in [0.1, 0.15) is 0 Å². The average molecular weight is 387 g/mol. The molecule has 0 unspecified atom stereocenters. The number of benzene rings is 1. The third-order valence-corrected chi connectivity index (χ3v) is 6.14. The molecule has 1 saturated heterocycles. The van der Waals surface area contributed by atoms with E-state index in [-0.39, 0.29) is 20.5 Å². The number of fused-ring (bicyclic) bond motifs is 1.